The number of allylic oxidation sites excluding steroid dienone is 1. The summed E-state index contributed by atoms with van der Waals surface area (Å²) in [6.45, 7) is 3.88. The number of hydrogen-bond donors (Lipinski definition) is 2. The molecule has 9 nitrogen and oxygen atoms in total. The van der Waals surface area contributed by atoms with Gasteiger partial charge in [0, 0.05) is 63.1 Å². The van der Waals surface area contributed by atoms with E-state index in [-0.39, 0.29) is 37.0 Å². The Morgan fingerprint density at radius 3 is 2.69 bits per heavy atom. The van der Waals surface area contributed by atoms with E-state index in [2.05, 4.69) is 15.2 Å². The minimum atomic E-state index is -3.40. The Morgan fingerprint density at radius 2 is 1.96 bits per heavy atom. The highest BCUT2D eigenvalue weighted by Gasteiger charge is 2.49. The second-order valence-corrected chi connectivity index (χ2v) is 16.1. The number of nitrogens with one attached hydrogen (secondary N) is 1. The van der Waals surface area contributed by atoms with Crippen LogP contribution in [-0.2, 0) is 21.0 Å². The number of aromatic hydroxyl groups is 1. The average Bonchev–Trinajstić information content (AvgIpc) is 3.56. The Hall–Kier alpha value is -3.58. The molecule has 266 valence electrons. The van der Waals surface area contributed by atoms with E-state index in [0.717, 1.165) is 38.6 Å². The third-order valence-corrected chi connectivity index (χ3v) is 12.1. The molecule has 0 saturated carbocycles. The number of aryl methyl sites for hydroxylation is 1. The summed E-state index contributed by atoms with van der Waals surface area (Å²) >= 11 is 0. The monoisotopic (exact) mass is 701 g/mol. The first-order valence-electron chi connectivity index (χ1n) is 17.2. The van der Waals surface area contributed by atoms with Gasteiger partial charge in [-0.25, -0.2) is 26.6 Å². The van der Waals surface area contributed by atoms with Crippen molar-refractivity contribution in [2.45, 2.75) is 81.7 Å². The zero-order valence-electron chi connectivity index (χ0n) is 28.4. The van der Waals surface area contributed by atoms with Crippen LogP contribution in [-0.4, -0.2) is 98.2 Å². The first-order valence-corrected chi connectivity index (χ1v) is 19.2. The molecule has 2 aromatic rings. The number of ether oxygens (including phenoxy) is 1. The molecule has 3 fully saturated rings. The molecule has 2 aromatic carbocycles. The van der Waals surface area contributed by atoms with Gasteiger partial charge in [-0.05, 0) is 73.2 Å². The maximum Gasteiger partial charge on any atom is 0.313 e. The highest BCUT2D eigenvalue weighted by atomic mass is 32.2. The first kappa shape index (κ1) is 35.3. The van der Waals surface area contributed by atoms with Crippen molar-refractivity contribution < 1.29 is 31.4 Å². The summed E-state index contributed by atoms with van der Waals surface area (Å²) in [7, 11) is -1.85. The van der Waals surface area contributed by atoms with Crippen LogP contribution < -0.4 is 5.32 Å². The van der Waals surface area contributed by atoms with E-state index in [1.807, 2.05) is 11.8 Å². The Morgan fingerprint density at radius 1 is 1.14 bits per heavy atom. The lowest BCUT2D eigenvalue weighted by molar-refractivity contribution is 0.106. The predicted molar refractivity (Wildman–Crippen MR) is 187 cm³/mol. The number of nitrogens with zero attached hydrogens (tertiary/aromatic N) is 4. The number of dihydropyridines is 1. The number of rotatable bonds is 6. The fourth-order valence-corrected chi connectivity index (χ4v) is 9.05. The molecule has 0 bridgehead atoms. The zero-order valence-corrected chi connectivity index (χ0v) is 29.3. The van der Waals surface area contributed by atoms with Crippen LogP contribution in [0.2, 0.25) is 0 Å². The summed E-state index contributed by atoms with van der Waals surface area (Å²) in [6, 6.07) is 5.92. The molecular formula is C36H46F3N5O4S. The third kappa shape index (κ3) is 7.33. The molecule has 4 aliphatic rings. The lowest BCUT2D eigenvalue weighted by Gasteiger charge is -2.34. The van der Waals surface area contributed by atoms with Crippen molar-refractivity contribution in [3.05, 3.63) is 58.8 Å². The third-order valence-electron chi connectivity index (χ3n) is 10.5. The number of fused-ring (bicyclic) bond motifs is 2. The van der Waals surface area contributed by atoms with Crippen molar-refractivity contribution in [1.82, 2.24) is 15.1 Å². The van der Waals surface area contributed by atoms with Gasteiger partial charge in [0.15, 0.2) is 9.84 Å². The van der Waals surface area contributed by atoms with Gasteiger partial charge in [-0.2, -0.15) is 4.99 Å². The van der Waals surface area contributed by atoms with Gasteiger partial charge in [0.25, 0.3) is 0 Å². The molecule has 49 heavy (non-hydrogen) atoms. The number of alkyl halides is 1. The number of sulfone groups is 1. The van der Waals surface area contributed by atoms with E-state index in [1.165, 1.54) is 24.5 Å². The second kappa shape index (κ2) is 14.3. The number of benzene rings is 2. The van der Waals surface area contributed by atoms with E-state index in [0.29, 0.717) is 65.7 Å². The zero-order chi connectivity index (χ0) is 34.9. The Bertz CT molecular complexity index is 1830. The molecule has 13 heteroatoms. The van der Waals surface area contributed by atoms with Gasteiger partial charge in [0.1, 0.15) is 36.0 Å². The van der Waals surface area contributed by atoms with Crippen LogP contribution in [0.1, 0.15) is 69.4 Å². The second-order valence-electron chi connectivity index (χ2n) is 13.8. The summed E-state index contributed by atoms with van der Waals surface area (Å²) in [4.78, 5) is 13.2. The SMILES string of the molecule is CCc1c(F)ccc2cc(O)cc(C3=C(F)CC(C(=NC(=NC)OC[C@@]45CCCN4C[C@H](F)C5)N4CCCCCC(S(C)(=O)=O)C4)=CN3)c12. The minimum Gasteiger partial charge on any atom is -0.508 e. The van der Waals surface area contributed by atoms with Gasteiger partial charge in [-0.3, -0.25) is 4.90 Å². The molecule has 0 spiro atoms. The Balaban J connectivity index is 1.36. The first-order chi connectivity index (χ1) is 23.4. The predicted octanol–water partition coefficient (Wildman–Crippen LogP) is 6.03. The van der Waals surface area contributed by atoms with Gasteiger partial charge in [-0.1, -0.05) is 25.8 Å². The topological polar surface area (TPSA) is 107 Å². The highest BCUT2D eigenvalue weighted by molar-refractivity contribution is 7.91. The van der Waals surface area contributed by atoms with Crippen LogP contribution in [0.4, 0.5) is 13.2 Å². The molecule has 2 N–H and O–H groups in total. The standard InChI is InChI=1S/C36H46F3N5O4S/c1-4-28-30(38)11-10-23-15-26(45)17-29(32(23)28)33-31(39)16-24(19-41-33)34(43-13-7-5-6-9-27(21-43)49(3,46)47)42-35(40-2)48-22-36-12-8-14-44(36)20-25(37)18-36/h10-11,15,17,19,25,27,41,45H,4-9,12-14,16,18,20-22H2,1-3H3/t25-,27?,36+/m1/s1. The molecule has 4 heterocycles. The van der Waals surface area contributed by atoms with Gasteiger partial charge in [0.05, 0.1) is 16.5 Å². The fourth-order valence-electron chi connectivity index (χ4n) is 8.01. The van der Waals surface area contributed by atoms with E-state index < -0.39 is 38.4 Å². The van der Waals surface area contributed by atoms with E-state index >= 15 is 4.39 Å². The number of amidine groups is 2. The van der Waals surface area contributed by atoms with Crippen molar-refractivity contribution in [2.24, 2.45) is 9.98 Å². The van der Waals surface area contributed by atoms with Crippen LogP contribution in [0.3, 0.4) is 0 Å². The van der Waals surface area contributed by atoms with Gasteiger partial charge >= 0.3 is 6.02 Å². The molecule has 3 saturated heterocycles. The fraction of sp³-hybridized carbons (Fsp3) is 0.556. The Kier molecular flexibility index (Phi) is 10.3. The molecule has 0 aromatic heterocycles. The van der Waals surface area contributed by atoms with E-state index in [9.17, 15) is 22.3 Å². The molecule has 3 atom stereocenters. The molecule has 0 aliphatic carbocycles. The van der Waals surface area contributed by atoms with Crippen molar-refractivity contribution in [3.8, 4) is 5.75 Å². The number of phenols is 1. The molecule has 4 aliphatic heterocycles. The maximum absolute atomic E-state index is 16.4. The van der Waals surface area contributed by atoms with Gasteiger partial charge in [0.2, 0.25) is 0 Å². The molecule has 6 rings (SSSR count). The molecular weight excluding hydrogens is 655 g/mol. The van der Waals surface area contributed by atoms with Crippen molar-refractivity contribution in [3.63, 3.8) is 0 Å². The quantitative estimate of drug-likeness (QED) is 0.280. The summed E-state index contributed by atoms with van der Waals surface area (Å²) in [5, 5.41) is 14.1. The number of likely N-dealkylation sites (tertiary alicyclic amines) is 1. The lowest BCUT2D eigenvalue weighted by Crippen LogP contribution is -2.44. The largest absolute Gasteiger partial charge is 0.508 e. The van der Waals surface area contributed by atoms with Crippen molar-refractivity contribution >= 4 is 38.2 Å². The van der Waals surface area contributed by atoms with Crippen LogP contribution in [0.25, 0.3) is 16.5 Å². The maximum atomic E-state index is 16.4. The number of hydrogen-bond acceptors (Lipinski definition) is 7. The molecule has 0 radical (unpaired) electrons. The molecule has 1 unspecified atom stereocenters. The Labute approximate surface area is 286 Å². The lowest BCUT2D eigenvalue weighted by atomic mass is 9.93. The normalized spacial score (nSPS) is 26.0. The van der Waals surface area contributed by atoms with Crippen LogP contribution >= 0.6 is 0 Å². The van der Waals surface area contributed by atoms with Crippen molar-refractivity contribution in [1.29, 1.82) is 0 Å². The summed E-state index contributed by atoms with van der Waals surface area (Å²) in [5.41, 5.74) is 0.887. The number of phenolic OH excluding ortho intramolecular Hbond substituents is 1. The van der Waals surface area contributed by atoms with Gasteiger partial charge in [-0.15, -0.1) is 0 Å². The van der Waals surface area contributed by atoms with Crippen LogP contribution in [0, 0.1) is 5.82 Å². The smallest absolute Gasteiger partial charge is 0.313 e. The van der Waals surface area contributed by atoms with Crippen LogP contribution in [0.15, 0.2) is 51.9 Å². The number of halogens is 3. The van der Waals surface area contributed by atoms with E-state index in [4.69, 9.17) is 9.73 Å². The summed E-state index contributed by atoms with van der Waals surface area (Å²) in [5.74, 6) is -0.695. The van der Waals surface area contributed by atoms with E-state index in [1.54, 1.807) is 19.3 Å². The summed E-state index contributed by atoms with van der Waals surface area (Å²) in [6.07, 6.45) is 7.18. The highest BCUT2D eigenvalue weighted by Crippen LogP contribution is 2.41. The van der Waals surface area contributed by atoms with Crippen LogP contribution in [0.5, 0.6) is 5.75 Å². The minimum absolute atomic E-state index is 0.0506. The van der Waals surface area contributed by atoms with Gasteiger partial charge < -0.3 is 20.1 Å². The summed E-state index contributed by atoms with van der Waals surface area (Å²) < 4.78 is 77.6. The molecule has 0 amide bonds. The average molecular weight is 702 g/mol. The number of aliphatic imine (C=N–C) groups is 2. The van der Waals surface area contributed by atoms with Crippen molar-refractivity contribution in [2.75, 3.05) is 46.1 Å².